The van der Waals surface area contributed by atoms with Crippen molar-refractivity contribution in [1.29, 1.82) is 0 Å². The Bertz CT molecular complexity index is 300. The molecule has 0 aromatic heterocycles. The van der Waals surface area contributed by atoms with Gasteiger partial charge in [0.2, 0.25) is 5.91 Å². The van der Waals surface area contributed by atoms with Gasteiger partial charge in [-0.15, -0.1) is 0 Å². The first kappa shape index (κ1) is 11.2. The summed E-state index contributed by atoms with van der Waals surface area (Å²) in [6, 6.07) is 0.0575. The number of amides is 1. The van der Waals surface area contributed by atoms with Crippen molar-refractivity contribution < 1.29 is 10.0 Å². The molecule has 16 heavy (non-hydrogen) atoms. The molecule has 0 spiro atoms. The predicted octanol–water partition coefficient (Wildman–Crippen LogP) is 0.818. The van der Waals surface area contributed by atoms with Gasteiger partial charge in [0.1, 0.15) is 5.84 Å². The van der Waals surface area contributed by atoms with Crippen molar-refractivity contribution in [3.05, 3.63) is 0 Å². The van der Waals surface area contributed by atoms with Gasteiger partial charge in [0.25, 0.3) is 0 Å². The lowest BCUT2D eigenvalue weighted by Crippen LogP contribution is -2.42. The molecule has 0 bridgehead atoms. The Hall–Kier alpha value is -1.26. The van der Waals surface area contributed by atoms with Crippen molar-refractivity contribution in [2.45, 2.75) is 44.6 Å². The van der Waals surface area contributed by atoms with Gasteiger partial charge in [-0.25, -0.2) is 0 Å². The topological polar surface area (TPSA) is 87.7 Å². The summed E-state index contributed by atoms with van der Waals surface area (Å²) in [6.07, 6.45) is 5.85. The van der Waals surface area contributed by atoms with Gasteiger partial charge in [-0.2, -0.15) is 0 Å². The highest BCUT2D eigenvalue weighted by atomic mass is 16.4. The van der Waals surface area contributed by atoms with Gasteiger partial charge < -0.3 is 16.3 Å². The molecule has 4 N–H and O–H groups in total. The molecule has 2 aliphatic rings. The summed E-state index contributed by atoms with van der Waals surface area (Å²) in [7, 11) is 0. The fraction of sp³-hybridized carbons (Fsp3) is 0.818. The van der Waals surface area contributed by atoms with Gasteiger partial charge >= 0.3 is 0 Å². The van der Waals surface area contributed by atoms with E-state index in [9.17, 15) is 4.79 Å². The maximum absolute atomic E-state index is 11.7. The van der Waals surface area contributed by atoms with E-state index in [1.807, 2.05) is 0 Å². The van der Waals surface area contributed by atoms with Crippen molar-refractivity contribution in [1.82, 2.24) is 5.32 Å². The lowest BCUT2D eigenvalue weighted by molar-refractivity contribution is -0.122. The molecule has 0 aromatic carbocycles. The van der Waals surface area contributed by atoms with Crippen molar-refractivity contribution >= 4 is 11.7 Å². The zero-order valence-corrected chi connectivity index (χ0v) is 9.35. The summed E-state index contributed by atoms with van der Waals surface area (Å²) in [4.78, 5) is 11.7. The highest BCUT2D eigenvalue weighted by molar-refractivity contribution is 5.84. The van der Waals surface area contributed by atoms with Crippen LogP contribution in [0.1, 0.15) is 38.5 Å². The second kappa shape index (κ2) is 4.72. The molecule has 1 amide bonds. The maximum atomic E-state index is 11.7. The maximum Gasteiger partial charge on any atom is 0.220 e. The molecule has 0 saturated heterocycles. The van der Waals surface area contributed by atoms with E-state index in [1.165, 1.54) is 12.8 Å². The minimum absolute atomic E-state index is 0.00755. The largest absolute Gasteiger partial charge is 0.409 e. The number of nitrogens with one attached hydrogen (secondary N) is 1. The summed E-state index contributed by atoms with van der Waals surface area (Å²) in [5, 5.41) is 14.7. The van der Waals surface area contributed by atoms with Crippen LogP contribution in [-0.4, -0.2) is 23.0 Å². The first-order chi connectivity index (χ1) is 7.70. The van der Waals surface area contributed by atoms with Crippen LogP contribution >= 0.6 is 0 Å². The number of hydrogen-bond donors (Lipinski definition) is 3. The zero-order chi connectivity index (χ0) is 11.5. The highest BCUT2D eigenvalue weighted by Gasteiger charge is 2.33. The van der Waals surface area contributed by atoms with Crippen LogP contribution in [0.2, 0.25) is 0 Å². The molecule has 2 rings (SSSR count). The molecule has 0 radical (unpaired) electrons. The van der Waals surface area contributed by atoms with E-state index in [4.69, 9.17) is 10.9 Å². The molecule has 2 fully saturated rings. The third kappa shape index (κ3) is 2.65. The monoisotopic (exact) mass is 225 g/mol. The quantitative estimate of drug-likeness (QED) is 0.286. The third-order valence-corrected chi connectivity index (χ3v) is 3.53. The molecular weight excluding hydrogens is 206 g/mol. The van der Waals surface area contributed by atoms with Crippen molar-refractivity contribution in [3.63, 3.8) is 0 Å². The van der Waals surface area contributed by atoms with Gasteiger partial charge in [-0.1, -0.05) is 11.6 Å². The number of nitrogens with zero attached hydrogens (tertiary/aromatic N) is 1. The van der Waals surface area contributed by atoms with E-state index in [0.717, 1.165) is 19.3 Å². The summed E-state index contributed by atoms with van der Waals surface area (Å²) >= 11 is 0. The first-order valence-electron chi connectivity index (χ1n) is 5.97. The van der Waals surface area contributed by atoms with Crippen LogP contribution in [0.25, 0.3) is 0 Å². The van der Waals surface area contributed by atoms with Crippen LogP contribution in [0, 0.1) is 11.8 Å². The molecule has 0 heterocycles. The lowest BCUT2D eigenvalue weighted by atomic mass is 10.0. The van der Waals surface area contributed by atoms with Crippen molar-refractivity contribution in [2.24, 2.45) is 22.7 Å². The molecule has 5 heteroatoms. The molecule has 2 atom stereocenters. The molecule has 0 aromatic rings. The molecule has 2 saturated carbocycles. The van der Waals surface area contributed by atoms with E-state index in [2.05, 4.69) is 10.5 Å². The van der Waals surface area contributed by atoms with Crippen LogP contribution in [0.5, 0.6) is 0 Å². The van der Waals surface area contributed by atoms with E-state index in [0.29, 0.717) is 12.3 Å². The van der Waals surface area contributed by atoms with Crippen LogP contribution in [-0.2, 0) is 4.79 Å². The standard InChI is InChI=1S/C11H19N3O2/c12-11(14-16)8-2-1-3-9(8)13-10(15)6-7-4-5-7/h7-9,16H,1-6H2,(H2,12,14)(H,13,15). The van der Waals surface area contributed by atoms with Crippen LogP contribution < -0.4 is 11.1 Å². The van der Waals surface area contributed by atoms with E-state index >= 15 is 0 Å². The number of hydrogen-bond acceptors (Lipinski definition) is 3. The van der Waals surface area contributed by atoms with Gasteiger partial charge in [0.15, 0.2) is 0 Å². The third-order valence-electron chi connectivity index (χ3n) is 3.53. The summed E-state index contributed by atoms with van der Waals surface area (Å²) in [5.74, 6) is 0.969. The fourth-order valence-corrected chi connectivity index (χ4v) is 2.41. The van der Waals surface area contributed by atoms with Gasteiger partial charge in [-0.3, -0.25) is 4.79 Å². The predicted molar refractivity (Wildman–Crippen MR) is 60.0 cm³/mol. The van der Waals surface area contributed by atoms with Gasteiger partial charge in [0, 0.05) is 18.4 Å². The van der Waals surface area contributed by atoms with Crippen LogP contribution in [0.15, 0.2) is 5.16 Å². The zero-order valence-electron chi connectivity index (χ0n) is 9.35. The smallest absolute Gasteiger partial charge is 0.220 e. The number of oxime groups is 1. The molecule has 90 valence electrons. The highest BCUT2D eigenvalue weighted by Crippen LogP contribution is 2.32. The number of carbonyl (C=O) groups is 1. The Morgan fingerprint density at radius 1 is 1.38 bits per heavy atom. The number of amidine groups is 1. The van der Waals surface area contributed by atoms with E-state index in [1.54, 1.807) is 0 Å². The second-order valence-electron chi connectivity index (χ2n) is 4.88. The van der Waals surface area contributed by atoms with Crippen molar-refractivity contribution in [2.75, 3.05) is 0 Å². The Labute approximate surface area is 95.1 Å². The SMILES string of the molecule is NC(=NO)C1CCCC1NC(=O)CC1CC1. The lowest BCUT2D eigenvalue weighted by Gasteiger charge is -2.19. The Morgan fingerprint density at radius 3 is 2.75 bits per heavy atom. The molecule has 2 aliphatic carbocycles. The Kier molecular flexibility index (Phi) is 3.31. The van der Waals surface area contributed by atoms with Gasteiger partial charge in [0.05, 0.1) is 0 Å². The van der Waals surface area contributed by atoms with E-state index in [-0.39, 0.29) is 23.7 Å². The average molecular weight is 225 g/mol. The number of carbonyl (C=O) groups excluding carboxylic acids is 1. The molecule has 0 aliphatic heterocycles. The number of rotatable bonds is 4. The summed E-state index contributed by atoms with van der Waals surface area (Å²) < 4.78 is 0. The van der Waals surface area contributed by atoms with Crippen molar-refractivity contribution in [3.8, 4) is 0 Å². The normalized spacial score (nSPS) is 30.4. The van der Waals surface area contributed by atoms with Gasteiger partial charge in [-0.05, 0) is 31.6 Å². The molecule has 5 nitrogen and oxygen atoms in total. The average Bonchev–Trinajstić information content (AvgIpc) is 2.94. The minimum Gasteiger partial charge on any atom is -0.409 e. The summed E-state index contributed by atoms with van der Waals surface area (Å²) in [6.45, 7) is 0. The second-order valence-corrected chi connectivity index (χ2v) is 4.88. The molecular formula is C11H19N3O2. The fourth-order valence-electron chi connectivity index (χ4n) is 2.41. The van der Waals surface area contributed by atoms with E-state index < -0.39 is 0 Å². The molecule has 2 unspecified atom stereocenters. The first-order valence-corrected chi connectivity index (χ1v) is 5.97. The minimum atomic E-state index is 0.00755. The number of nitrogens with two attached hydrogens (primary N) is 1. The summed E-state index contributed by atoms with van der Waals surface area (Å²) in [5.41, 5.74) is 5.61. The Balaban J connectivity index is 1.84. The van der Waals surface area contributed by atoms with Crippen LogP contribution in [0.3, 0.4) is 0 Å². The Morgan fingerprint density at radius 2 is 2.12 bits per heavy atom. The van der Waals surface area contributed by atoms with Crippen LogP contribution in [0.4, 0.5) is 0 Å².